The third kappa shape index (κ3) is 2.16. The molecule has 2 aliphatic heterocycles. The van der Waals surface area contributed by atoms with Crippen LogP contribution < -0.4 is 5.32 Å². The second-order valence-corrected chi connectivity index (χ2v) is 4.41. The van der Waals surface area contributed by atoms with E-state index in [9.17, 15) is 0 Å². The lowest BCUT2D eigenvalue weighted by Crippen LogP contribution is -2.54. The zero-order valence-electron chi connectivity index (χ0n) is 9.12. The van der Waals surface area contributed by atoms with Gasteiger partial charge in [0.15, 0.2) is 0 Å². The molecule has 0 saturated carbocycles. The molecule has 14 heavy (non-hydrogen) atoms. The van der Waals surface area contributed by atoms with Gasteiger partial charge in [-0.1, -0.05) is 11.6 Å². The van der Waals surface area contributed by atoms with Gasteiger partial charge in [-0.15, -0.1) is 0 Å². The summed E-state index contributed by atoms with van der Waals surface area (Å²) in [6.07, 6.45) is 2.21. The van der Waals surface area contributed by atoms with Gasteiger partial charge in [0.25, 0.3) is 0 Å². The van der Waals surface area contributed by atoms with E-state index >= 15 is 0 Å². The normalized spacial score (nSPS) is 35.4. The van der Waals surface area contributed by atoms with Crippen molar-refractivity contribution in [3.63, 3.8) is 0 Å². The zero-order chi connectivity index (χ0) is 9.97. The maximum atomic E-state index is 5.51. The largest absolute Gasteiger partial charge is 0.377 e. The van der Waals surface area contributed by atoms with E-state index in [0.29, 0.717) is 12.0 Å². The minimum Gasteiger partial charge on any atom is -0.377 e. The molecule has 2 rings (SSSR count). The Kier molecular flexibility index (Phi) is 3.21. The average Bonchev–Trinajstić information content (AvgIpc) is 2.18. The Bertz CT molecular complexity index is 227. The molecule has 2 atom stereocenters. The van der Waals surface area contributed by atoms with Crippen LogP contribution in [0.15, 0.2) is 11.6 Å². The first-order valence-electron chi connectivity index (χ1n) is 5.43. The smallest absolute Gasteiger partial charge is 0.0650 e. The summed E-state index contributed by atoms with van der Waals surface area (Å²) in [4.78, 5) is 2.39. The summed E-state index contributed by atoms with van der Waals surface area (Å²) in [6, 6.07) is 0.574. The fourth-order valence-corrected chi connectivity index (χ4v) is 2.30. The molecule has 0 radical (unpaired) electrons. The molecule has 0 bridgehead atoms. The first-order valence-corrected chi connectivity index (χ1v) is 5.43. The molecule has 3 heteroatoms. The van der Waals surface area contributed by atoms with E-state index in [2.05, 4.69) is 30.3 Å². The fourth-order valence-electron chi connectivity index (χ4n) is 2.30. The van der Waals surface area contributed by atoms with Crippen LogP contribution in [0.2, 0.25) is 0 Å². The van der Waals surface area contributed by atoms with Gasteiger partial charge < -0.3 is 15.0 Å². The highest BCUT2D eigenvalue weighted by Gasteiger charge is 2.27. The van der Waals surface area contributed by atoms with E-state index in [-0.39, 0.29) is 0 Å². The first-order chi connectivity index (χ1) is 6.77. The monoisotopic (exact) mass is 196 g/mol. The van der Waals surface area contributed by atoms with Gasteiger partial charge in [-0.2, -0.15) is 0 Å². The third-order valence-electron chi connectivity index (χ3n) is 3.30. The summed E-state index contributed by atoms with van der Waals surface area (Å²) in [6.45, 7) is 7.30. The molecule has 0 aromatic rings. The van der Waals surface area contributed by atoms with Gasteiger partial charge in [-0.3, -0.25) is 0 Å². The molecule has 3 nitrogen and oxygen atoms in total. The van der Waals surface area contributed by atoms with Crippen LogP contribution in [-0.4, -0.2) is 50.8 Å². The molecule has 2 unspecified atom stereocenters. The number of hydrogen-bond acceptors (Lipinski definition) is 3. The molecule has 1 fully saturated rings. The van der Waals surface area contributed by atoms with Crippen LogP contribution >= 0.6 is 0 Å². The van der Waals surface area contributed by atoms with Crippen molar-refractivity contribution in [2.24, 2.45) is 5.92 Å². The van der Waals surface area contributed by atoms with Crippen LogP contribution in [0, 0.1) is 5.92 Å². The minimum absolute atomic E-state index is 0.574. The van der Waals surface area contributed by atoms with Crippen LogP contribution in [0.5, 0.6) is 0 Å². The lowest BCUT2D eigenvalue weighted by atomic mass is 9.90. The van der Waals surface area contributed by atoms with Gasteiger partial charge in [0.05, 0.1) is 13.2 Å². The highest BCUT2D eigenvalue weighted by Crippen LogP contribution is 2.21. The van der Waals surface area contributed by atoms with Crippen molar-refractivity contribution >= 4 is 0 Å². The van der Waals surface area contributed by atoms with Crippen molar-refractivity contribution in [1.82, 2.24) is 10.2 Å². The van der Waals surface area contributed by atoms with E-state index < -0.39 is 0 Å². The van der Waals surface area contributed by atoms with Gasteiger partial charge in [0.2, 0.25) is 0 Å². The summed E-state index contributed by atoms with van der Waals surface area (Å²) in [5.74, 6) is 0.575. The predicted molar refractivity (Wildman–Crippen MR) is 57.4 cm³/mol. The summed E-state index contributed by atoms with van der Waals surface area (Å²) in [5.41, 5.74) is 1.49. The average molecular weight is 196 g/mol. The molecule has 80 valence electrons. The van der Waals surface area contributed by atoms with Crippen LogP contribution in [0.3, 0.4) is 0 Å². The molecule has 0 aromatic heterocycles. The van der Waals surface area contributed by atoms with Crippen LogP contribution in [0.4, 0.5) is 0 Å². The first kappa shape index (κ1) is 10.1. The molecule has 1 saturated heterocycles. The van der Waals surface area contributed by atoms with E-state index in [0.717, 1.165) is 32.8 Å². The van der Waals surface area contributed by atoms with Crippen LogP contribution in [-0.2, 0) is 4.74 Å². The number of hydrogen-bond donors (Lipinski definition) is 1. The van der Waals surface area contributed by atoms with Gasteiger partial charge in [-0.25, -0.2) is 0 Å². The quantitative estimate of drug-likeness (QED) is 0.617. The van der Waals surface area contributed by atoms with E-state index in [1.807, 2.05) is 0 Å². The van der Waals surface area contributed by atoms with Crippen molar-refractivity contribution in [2.75, 3.05) is 39.9 Å². The summed E-state index contributed by atoms with van der Waals surface area (Å²) < 4.78 is 5.51. The zero-order valence-corrected chi connectivity index (χ0v) is 9.12. The van der Waals surface area contributed by atoms with E-state index in [1.165, 1.54) is 5.57 Å². The second kappa shape index (κ2) is 4.43. The van der Waals surface area contributed by atoms with Crippen LogP contribution in [0.1, 0.15) is 6.92 Å². The Hall–Kier alpha value is -0.380. The standard InChI is InChI=1S/C11H20N2O/c1-9-3-6-14-8-10(9)11-7-13(2)5-4-12-11/h3,10-12H,4-8H2,1-2H3. The van der Waals surface area contributed by atoms with Crippen molar-refractivity contribution in [2.45, 2.75) is 13.0 Å². The predicted octanol–water partition coefficient (Wildman–Crippen LogP) is 0.483. The summed E-state index contributed by atoms with van der Waals surface area (Å²) in [7, 11) is 2.19. The Morgan fingerprint density at radius 1 is 1.57 bits per heavy atom. The molecule has 0 aliphatic carbocycles. The third-order valence-corrected chi connectivity index (χ3v) is 3.30. The van der Waals surface area contributed by atoms with Gasteiger partial charge in [0, 0.05) is 31.6 Å². The highest BCUT2D eigenvalue weighted by atomic mass is 16.5. The molecule has 0 spiro atoms. The fraction of sp³-hybridized carbons (Fsp3) is 0.818. The number of ether oxygens (including phenoxy) is 1. The molecule has 2 heterocycles. The Labute approximate surface area is 86.1 Å². The molecule has 1 N–H and O–H groups in total. The summed E-state index contributed by atoms with van der Waals surface area (Å²) >= 11 is 0. The molecule has 2 aliphatic rings. The van der Waals surface area contributed by atoms with Gasteiger partial charge in [-0.05, 0) is 14.0 Å². The number of likely N-dealkylation sites (N-methyl/N-ethyl adjacent to an activating group) is 1. The topological polar surface area (TPSA) is 24.5 Å². The van der Waals surface area contributed by atoms with Crippen molar-refractivity contribution in [3.8, 4) is 0 Å². The number of piperazine rings is 1. The van der Waals surface area contributed by atoms with Gasteiger partial charge in [0.1, 0.15) is 0 Å². The SMILES string of the molecule is CC1=CCOCC1C1CN(C)CCN1. The van der Waals surface area contributed by atoms with Crippen molar-refractivity contribution in [3.05, 3.63) is 11.6 Å². The number of nitrogens with one attached hydrogen (secondary N) is 1. The maximum absolute atomic E-state index is 5.51. The van der Waals surface area contributed by atoms with E-state index in [1.54, 1.807) is 0 Å². The Morgan fingerprint density at radius 2 is 2.43 bits per heavy atom. The second-order valence-electron chi connectivity index (χ2n) is 4.41. The number of nitrogens with zero attached hydrogens (tertiary/aromatic N) is 1. The molecule has 0 amide bonds. The minimum atomic E-state index is 0.574. The van der Waals surface area contributed by atoms with E-state index in [4.69, 9.17) is 4.74 Å². The lowest BCUT2D eigenvalue weighted by molar-refractivity contribution is 0.0875. The maximum Gasteiger partial charge on any atom is 0.0650 e. The molecular formula is C11H20N2O. The van der Waals surface area contributed by atoms with Gasteiger partial charge >= 0.3 is 0 Å². The van der Waals surface area contributed by atoms with Crippen molar-refractivity contribution < 1.29 is 4.74 Å². The van der Waals surface area contributed by atoms with Crippen LogP contribution in [0.25, 0.3) is 0 Å². The lowest BCUT2D eigenvalue weighted by Gasteiger charge is -2.37. The highest BCUT2D eigenvalue weighted by molar-refractivity contribution is 5.10. The Balaban J connectivity index is 1.99. The van der Waals surface area contributed by atoms with Crippen molar-refractivity contribution in [1.29, 1.82) is 0 Å². The summed E-state index contributed by atoms with van der Waals surface area (Å²) in [5, 5.41) is 3.59. The molecular weight excluding hydrogens is 176 g/mol. The number of rotatable bonds is 1. The Morgan fingerprint density at radius 3 is 3.14 bits per heavy atom. The molecule has 0 aromatic carbocycles.